The first kappa shape index (κ1) is 15.5. The number of aliphatic hydroxyl groups is 1. The molecule has 1 saturated heterocycles. The van der Waals surface area contributed by atoms with Gasteiger partial charge in [0.1, 0.15) is 0 Å². The smallest absolute Gasteiger partial charge is 0.228 e. The van der Waals surface area contributed by atoms with E-state index < -0.39 is 5.41 Å². The lowest BCUT2D eigenvalue weighted by molar-refractivity contribution is -0.132. The molecule has 5 heteroatoms. The van der Waals surface area contributed by atoms with Crippen LogP contribution in [0, 0.1) is 5.41 Å². The number of hydrogen-bond acceptors (Lipinski definition) is 4. The van der Waals surface area contributed by atoms with Crippen LogP contribution in [0.25, 0.3) is 0 Å². The number of rotatable bonds is 6. The minimum Gasteiger partial charge on any atom is -0.395 e. The Morgan fingerprint density at radius 3 is 2.85 bits per heavy atom. The maximum absolute atomic E-state index is 12.2. The van der Waals surface area contributed by atoms with Gasteiger partial charge in [-0.25, -0.2) is 0 Å². The quantitative estimate of drug-likeness (QED) is 0.714. The van der Waals surface area contributed by atoms with E-state index in [-0.39, 0.29) is 24.7 Å². The first-order valence-corrected chi connectivity index (χ1v) is 7.32. The topological polar surface area (TPSA) is 67.8 Å². The predicted molar refractivity (Wildman–Crippen MR) is 75.3 cm³/mol. The zero-order valence-corrected chi connectivity index (χ0v) is 12.4. The van der Waals surface area contributed by atoms with Crippen molar-refractivity contribution >= 4 is 5.91 Å². The Balaban J connectivity index is 1.86. The predicted octanol–water partition coefficient (Wildman–Crippen LogP) is 1.02. The van der Waals surface area contributed by atoms with E-state index in [2.05, 4.69) is 5.32 Å². The fourth-order valence-electron chi connectivity index (χ4n) is 2.32. The van der Waals surface area contributed by atoms with Crippen molar-refractivity contribution < 1.29 is 19.4 Å². The molecule has 20 heavy (non-hydrogen) atoms. The second kappa shape index (κ2) is 6.70. The van der Waals surface area contributed by atoms with Crippen molar-refractivity contribution in [2.24, 2.45) is 5.41 Å². The molecule has 2 rings (SSSR count). The third-order valence-corrected chi connectivity index (χ3v) is 4.05. The molecule has 0 bridgehead atoms. The molecule has 5 nitrogen and oxygen atoms in total. The van der Waals surface area contributed by atoms with E-state index >= 15 is 0 Å². The van der Waals surface area contributed by atoms with Crippen molar-refractivity contribution in [3.05, 3.63) is 11.6 Å². The molecule has 0 unspecified atom stereocenters. The van der Waals surface area contributed by atoms with E-state index in [1.54, 1.807) is 0 Å². The number of ether oxygens (including phenoxy) is 2. The van der Waals surface area contributed by atoms with Crippen LogP contribution in [-0.2, 0) is 14.3 Å². The lowest BCUT2D eigenvalue weighted by atomic mass is 10.0. The monoisotopic (exact) mass is 283 g/mol. The second-order valence-electron chi connectivity index (χ2n) is 6.04. The third-order valence-electron chi connectivity index (χ3n) is 4.05. The lowest BCUT2D eigenvalue weighted by Crippen LogP contribution is -2.52. The number of carbonyl (C=O) groups excluding carboxylic acids is 1. The van der Waals surface area contributed by atoms with Crippen molar-refractivity contribution in [3.63, 3.8) is 0 Å². The van der Waals surface area contributed by atoms with E-state index in [4.69, 9.17) is 9.47 Å². The molecule has 2 fully saturated rings. The van der Waals surface area contributed by atoms with E-state index in [1.165, 1.54) is 5.57 Å². The van der Waals surface area contributed by atoms with Crippen LogP contribution in [0.15, 0.2) is 11.6 Å². The number of amides is 1. The zero-order chi connectivity index (χ0) is 14.6. The van der Waals surface area contributed by atoms with E-state index in [0.29, 0.717) is 19.8 Å². The molecule has 0 aromatic carbocycles. The van der Waals surface area contributed by atoms with Crippen molar-refractivity contribution in [3.8, 4) is 0 Å². The molecule has 2 N–H and O–H groups in total. The highest BCUT2D eigenvalue weighted by Crippen LogP contribution is 2.45. The van der Waals surface area contributed by atoms with Gasteiger partial charge in [-0.3, -0.25) is 4.79 Å². The summed E-state index contributed by atoms with van der Waals surface area (Å²) >= 11 is 0. The Morgan fingerprint density at radius 1 is 1.50 bits per heavy atom. The average Bonchev–Trinajstić information content (AvgIpc) is 3.21. The Morgan fingerprint density at radius 2 is 2.25 bits per heavy atom. The number of allylic oxidation sites excluding steroid dienone is 1. The van der Waals surface area contributed by atoms with Crippen molar-refractivity contribution in [2.45, 2.75) is 45.3 Å². The summed E-state index contributed by atoms with van der Waals surface area (Å²) in [5.74, 6) is -0.0636. The average molecular weight is 283 g/mol. The van der Waals surface area contributed by atoms with Crippen LogP contribution in [0.2, 0.25) is 0 Å². The first-order valence-electron chi connectivity index (χ1n) is 7.32. The summed E-state index contributed by atoms with van der Waals surface area (Å²) in [5.41, 5.74) is 0.678. The first-order chi connectivity index (χ1) is 9.57. The largest absolute Gasteiger partial charge is 0.395 e. The molecule has 0 aromatic heterocycles. The highest BCUT2D eigenvalue weighted by Gasteiger charge is 2.50. The fraction of sp³-hybridized carbons (Fsp3) is 0.800. The van der Waals surface area contributed by atoms with Crippen molar-refractivity contribution in [1.82, 2.24) is 5.32 Å². The van der Waals surface area contributed by atoms with Gasteiger partial charge in [0.05, 0.1) is 37.4 Å². The van der Waals surface area contributed by atoms with E-state index in [9.17, 15) is 9.90 Å². The van der Waals surface area contributed by atoms with Crippen LogP contribution in [0.5, 0.6) is 0 Å². The van der Waals surface area contributed by atoms with Gasteiger partial charge in [0, 0.05) is 6.61 Å². The van der Waals surface area contributed by atoms with Crippen molar-refractivity contribution in [1.29, 1.82) is 0 Å². The SMILES string of the molecule is CC(C)=CCO[C@H]1CCOC[C@H]1NC(=O)C1(CO)CC1. The van der Waals surface area contributed by atoms with Gasteiger partial charge >= 0.3 is 0 Å². The maximum atomic E-state index is 12.2. The molecule has 114 valence electrons. The Hall–Kier alpha value is -0.910. The maximum Gasteiger partial charge on any atom is 0.228 e. The molecule has 0 aromatic rings. The summed E-state index contributed by atoms with van der Waals surface area (Å²) in [6.45, 7) is 5.69. The minimum absolute atomic E-state index is 0.0159. The third kappa shape index (κ3) is 3.81. The van der Waals surface area contributed by atoms with Gasteiger partial charge in [-0.2, -0.15) is 0 Å². The summed E-state index contributed by atoms with van der Waals surface area (Å²) in [6.07, 6.45) is 4.34. The van der Waals surface area contributed by atoms with Crippen LogP contribution in [-0.4, -0.2) is 49.6 Å². The highest BCUT2D eigenvalue weighted by atomic mass is 16.5. The molecule has 1 aliphatic carbocycles. The van der Waals surface area contributed by atoms with Gasteiger partial charge in [0.25, 0.3) is 0 Å². The van der Waals surface area contributed by atoms with Gasteiger partial charge in [-0.05, 0) is 33.1 Å². The fourth-order valence-corrected chi connectivity index (χ4v) is 2.32. The second-order valence-corrected chi connectivity index (χ2v) is 6.04. The number of aliphatic hydroxyl groups excluding tert-OH is 1. The zero-order valence-electron chi connectivity index (χ0n) is 12.4. The van der Waals surface area contributed by atoms with Gasteiger partial charge in [0.2, 0.25) is 5.91 Å². The highest BCUT2D eigenvalue weighted by molar-refractivity contribution is 5.85. The lowest BCUT2D eigenvalue weighted by Gasteiger charge is -2.32. The molecule has 0 radical (unpaired) electrons. The molecule has 2 atom stereocenters. The molecule has 1 amide bonds. The van der Waals surface area contributed by atoms with Gasteiger partial charge in [-0.1, -0.05) is 11.6 Å². The van der Waals surface area contributed by atoms with E-state index in [0.717, 1.165) is 19.3 Å². The molecule has 0 spiro atoms. The molecule has 2 aliphatic rings. The molecule has 1 saturated carbocycles. The minimum atomic E-state index is -0.540. The molecular weight excluding hydrogens is 258 g/mol. The summed E-state index contributed by atoms with van der Waals surface area (Å²) in [5, 5.41) is 12.3. The van der Waals surface area contributed by atoms with Gasteiger partial charge < -0.3 is 19.9 Å². The number of hydrogen-bond donors (Lipinski definition) is 2. The Bertz CT molecular complexity index is 372. The number of nitrogens with one attached hydrogen (secondary N) is 1. The molecular formula is C15H25NO4. The summed E-state index contributed by atoms with van der Waals surface area (Å²) < 4.78 is 11.3. The standard InChI is InChI=1S/C15H25NO4/c1-11(2)3-8-20-13-4-7-19-9-12(13)16-14(18)15(10-17)5-6-15/h3,12-13,17H,4-10H2,1-2H3,(H,16,18)/t12-,13+/m1/s1. The van der Waals surface area contributed by atoms with Crippen molar-refractivity contribution in [2.75, 3.05) is 26.4 Å². The van der Waals surface area contributed by atoms with E-state index in [1.807, 2.05) is 19.9 Å². The Labute approximate surface area is 120 Å². The Kier molecular flexibility index (Phi) is 5.18. The van der Waals surface area contributed by atoms with Crippen LogP contribution >= 0.6 is 0 Å². The van der Waals surface area contributed by atoms with Gasteiger partial charge in [-0.15, -0.1) is 0 Å². The number of carbonyl (C=O) groups is 1. The summed E-state index contributed by atoms with van der Waals surface area (Å²) in [7, 11) is 0. The normalized spacial score (nSPS) is 27.8. The molecule has 1 aliphatic heterocycles. The molecule has 1 heterocycles. The summed E-state index contributed by atoms with van der Waals surface area (Å²) in [6, 6.07) is -0.120. The van der Waals surface area contributed by atoms with Crippen LogP contribution in [0.4, 0.5) is 0 Å². The van der Waals surface area contributed by atoms with Gasteiger partial charge in [0.15, 0.2) is 0 Å². The summed E-state index contributed by atoms with van der Waals surface area (Å²) in [4.78, 5) is 12.2. The van der Waals surface area contributed by atoms with Crippen LogP contribution < -0.4 is 5.32 Å². The van der Waals surface area contributed by atoms with Crippen LogP contribution in [0.3, 0.4) is 0 Å². The van der Waals surface area contributed by atoms with Crippen LogP contribution in [0.1, 0.15) is 33.1 Å².